The molecule has 0 atom stereocenters. The summed E-state index contributed by atoms with van der Waals surface area (Å²) in [6, 6.07) is 22.4. The summed E-state index contributed by atoms with van der Waals surface area (Å²) in [5.74, 6) is 0.527. The molecule has 3 aromatic carbocycles. The molecule has 0 saturated heterocycles. The van der Waals surface area contributed by atoms with Gasteiger partial charge in [0.15, 0.2) is 0 Å². The molecule has 0 aliphatic heterocycles. The average molecular weight is 556 g/mol. The second kappa shape index (κ2) is 13.0. The molecule has 1 heterocycles. The lowest BCUT2D eigenvalue weighted by Gasteiger charge is -2.19. The number of carboxylic acid groups (broad SMARTS) is 1. The van der Waals surface area contributed by atoms with Crippen molar-refractivity contribution >= 4 is 5.97 Å². The molecular formula is C34H41N3O4. The van der Waals surface area contributed by atoms with E-state index in [0.717, 1.165) is 48.2 Å². The number of hydrogen-bond donors (Lipinski definition) is 1. The standard InChI is InChI=1S/C34H41N3O4/c1-6-20-36-31(35-37(33(36)40)23-25-12-17-29(18-13-25)34(2,3)4)9-7-8-24-10-14-26(15-11-24)27-16-19-30(41-5)28(21-27)22-32(38)39/h10-19,21H,6-9,20,22-23H2,1-5H3,(H,38,39). The summed E-state index contributed by atoms with van der Waals surface area (Å²) in [5.41, 5.74) is 6.22. The quantitative estimate of drug-likeness (QED) is 0.222. The van der Waals surface area contributed by atoms with Gasteiger partial charge < -0.3 is 9.84 Å². The van der Waals surface area contributed by atoms with Gasteiger partial charge in [-0.2, -0.15) is 5.10 Å². The third-order valence-corrected chi connectivity index (χ3v) is 7.37. The first kappa shape index (κ1) is 29.8. The van der Waals surface area contributed by atoms with E-state index in [4.69, 9.17) is 9.84 Å². The molecule has 7 heteroatoms. The molecule has 0 bridgehead atoms. The predicted molar refractivity (Wildman–Crippen MR) is 163 cm³/mol. The Hall–Kier alpha value is -4.13. The Morgan fingerprint density at radius 3 is 2.20 bits per heavy atom. The van der Waals surface area contributed by atoms with Crippen LogP contribution in [0.4, 0.5) is 0 Å². The smallest absolute Gasteiger partial charge is 0.346 e. The highest BCUT2D eigenvalue weighted by Crippen LogP contribution is 2.28. The van der Waals surface area contributed by atoms with Crippen LogP contribution in [0.2, 0.25) is 0 Å². The Morgan fingerprint density at radius 1 is 0.927 bits per heavy atom. The van der Waals surface area contributed by atoms with Gasteiger partial charge in [-0.3, -0.25) is 9.36 Å². The maximum absolute atomic E-state index is 13.2. The van der Waals surface area contributed by atoms with Crippen LogP contribution in [-0.4, -0.2) is 32.5 Å². The number of methoxy groups -OCH3 is 1. The average Bonchev–Trinajstić information content (AvgIpc) is 3.22. The predicted octanol–water partition coefficient (Wildman–Crippen LogP) is 6.28. The second-order valence-electron chi connectivity index (χ2n) is 11.6. The Balaban J connectivity index is 1.42. The fraction of sp³-hybridized carbons (Fsp3) is 0.382. The van der Waals surface area contributed by atoms with Gasteiger partial charge in [-0.1, -0.05) is 82.3 Å². The van der Waals surface area contributed by atoms with Crippen molar-refractivity contribution in [1.82, 2.24) is 14.3 Å². The number of ether oxygens (including phenoxy) is 1. The lowest BCUT2D eigenvalue weighted by molar-refractivity contribution is -0.136. The largest absolute Gasteiger partial charge is 0.496 e. The van der Waals surface area contributed by atoms with Crippen LogP contribution in [0.3, 0.4) is 0 Å². The van der Waals surface area contributed by atoms with Crippen molar-refractivity contribution in [3.8, 4) is 16.9 Å². The zero-order valence-electron chi connectivity index (χ0n) is 24.8. The van der Waals surface area contributed by atoms with E-state index in [1.807, 2.05) is 22.8 Å². The van der Waals surface area contributed by atoms with Crippen molar-refractivity contribution in [2.45, 2.75) is 78.3 Å². The van der Waals surface area contributed by atoms with E-state index < -0.39 is 5.97 Å². The van der Waals surface area contributed by atoms with Gasteiger partial charge >= 0.3 is 11.7 Å². The summed E-state index contributed by atoms with van der Waals surface area (Å²) >= 11 is 0. The van der Waals surface area contributed by atoms with E-state index in [-0.39, 0.29) is 17.5 Å². The van der Waals surface area contributed by atoms with Crippen molar-refractivity contribution in [3.05, 3.63) is 105 Å². The van der Waals surface area contributed by atoms with Crippen LogP contribution < -0.4 is 10.4 Å². The third kappa shape index (κ3) is 7.54. The maximum atomic E-state index is 13.2. The first-order valence-electron chi connectivity index (χ1n) is 14.3. The van der Waals surface area contributed by atoms with Gasteiger partial charge in [-0.05, 0) is 64.6 Å². The van der Waals surface area contributed by atoms with Crippen molar-refractivity contribution in [2.75, 3.05) is 7.11 Å². The summed E-state index contributed by atoms with van der Waals surface area (Å²) in [6.07, 6.45) is 3.26. The van der Waals surface area contributed by atoms with Gasteiger partial charge in [0.25, 0.3) is 0 Å². The molecule has 0 radical (unpaired) electrons. The molecule has 0 aliphatic carbocycles. The third-order valence-electron chi connectivity index (χ3n) is 7.37. The minimum atomic E-state index is -0.889. The topological polar surface area (TPSA) is 86.3 Å². The Bertz CT molecular complexity index is 1520. The fourth-order valence-electron chi connectivity index (χ4n) is 5.08. The Kier molecular flexibility index (Phi) is 9.48. The zero-order chi connectivity index (χ0) is 29.6. The van der Waals surface area contributed by atoms with E-state index in [0.29, 0.717) is 24.4 Å². The summed E-state index contributed by atoms with van der Waals surface area (Å²) in [7, 11) is 1.55. The van der Waals surface area contributed by atoms with E-state index in [1.54, 1.807) is 11.8 Å². The molecule has 1 N–H and O–H groups in total. The first-order chi connectivity index (χ1) is 19.6. The number of benzene rings is 3. The number of aliphatic carboxylic acids is 1. The molecular weight excluding hydrogens is 514 g/mol. The molecule has 0 aliphatic rings. The van der Waals surface area contributed by atoms with Crippen LogP contribution in [0.5, 0.6) is 5.75 Å². The van der Waals surface area contributed by atoms with Crippen molar-refractivity contribution in [3.63, 3.8) is 0 Å². The minimum Gasteiger partial charge on any atom is -0.496 e. The number of carbonyl (C=O) groups is 1. The van der Waals surface area contributed by atoms with Crippen molar-refractivity contribution in [1.29, 1.82) is 0 Å². The van der Waals surface area contributed by atoms with Gasteiger partial charge in [0.05, 0.1) is 20.1 Å². The highest BCUT2D eigenvalue weighted by molar-refractivity contribution is 5.74. The van der Waals surface area contributed by atoms with Crippen LogP contribution in [-0.2, 0) is 42.6 Å². The van der Waals surface area contributed by atoms with Gasteiger partial charge in [-0.25, -0.2) is 9.48 Å². The fourth-order valence-corrected chi connectivity index (χ4v) is 5.08. The van der Waals surface area contributed by atoms with E-state index in [2.05, 4.69) is 76.2 Å². The molecule has 1 aromatic heterocycles. The summed E-state index contributed by atoms with van der Waals surface area (Å²) in [6.45, 7) is 9.79. The number of hydrogen-bond acceptors (Lipinski definition) is 4. The minimum absolute atomic E-state index is 0.0483. The molecule has 216 valence electrons. The number of aryl methyl sites for hydroxylation is 2. The molecule has 4 rings (SSSR count). The van der Waals surface area contributed by atoms with Gasteiger partial charge in [0.2, 0.25) is 0 Å². The van der Waals surface area contributed by atoms with Gasteiger partial charge in [0, 0.05) is 18.5 Å². The number of rotatable bonds is 12. The Morgan fingerprint density at radius 2 is 1.59 bits per heavy atom. The van der Waals surface area contributed by atoms with Gasteiger partial charge in [0.1, 0.15) is 11.6 Å². The van der Waals surface area contributed by atoms with Gasteiger partial charge in [-0.15, -0.1) is 0 Å². The summed E-state index contributed by atoms with van der Waals surface area (Å²) in [4.78, 5) is 24.4. The number of nitrogens with zero attached hydrogens (tertiary/aromatic N) is 3. The molecule has 0 unspecified atom stereocenters. The van der Waals surface area contributed by atoms with Crippen LogP contribution in [0, 0.1) is 0 Å². The van der Waals surface area contributed by atoms with E-state index in [9.17, 15) is 14.7 Å². The highest BCUT2D eigenvalue weighted by Gasteiger charge is 2.16. The molecule has 7 nitrogen and oxygen atoms in total. The molecule has 0 fully saturated rings. The van der Waals surface area contributed by atoms with Crippen LogP contribution in [0.25, 0.3) is 11.1 Å². The molecule has 0 spiro atoms. The molecule has 0 amide bonds. The lowest BCUT2D eigenvalue weighted by Crippen LogP contribution is -2.26. The summed E-state index contributed by atoms with van der Waals surface area (Å²) in [5, 5.41) is 14.0. The SMILES string of the molecule is CCCn1c(CCCc2ccc(-c3ccc(OC)c(CC(=O)O)c3)cc2)nn(Cc2ccc(C(C)(C)C)cc2)c1=O. The lowest BCUT2D eigenvalue weighted by atomic mass is 9.87. The number of carboxylic acids is 1. The van der Waals surface area contributed by atoms with E-state index >= 15 is 0 Å². The van der Waals surface area contributed by atoms with Crippen molar-refractivity contribution < 1.29 is 14.6 Å². The van der Waals surface area contributed by atoms with Crippen molar-refractivity contribution in [2.24, 2.45) is 0 Å². The highest BCUT2D eigenvalue weighted by atomic mass is 16.5. The van der Waals surface area contributed by atoms with Crippen LogP contribution in [0.15, 0.2) is 71.5 Å². The maximum Gasteiger partial charge on any atom is 0.346 e. The molecule has 4 aromatic rings. The monoisotopic (exact) mass is 555 g/mol. The van der Waals surface area contributed by atoms with E-state index in [1.165, 1.54) is 11.1 Å². The summed E-state index contributed by atoms with van der Waals surface area (Å²) < 4.78 is 8.74. The number of aromatic nitrogens is 3. The van der Waals surface area contributed by atoms with Crippen LogP contribution >= 0.6 is 0 Å². The van der Waals surface area contributed by atoms with Crippen LogP contribution in [0.1, 0.15) is 68.6 Å². The molecule has 0 saturated carbocycles. The zero-order valence-corrected chi connectivity index (χ0v) is 24.8. The second-order valence-corrected chi connectivity index (χ2v) is 11.6. The molecule has 41 heavy (non-hydrogen) atoms. The first-order valence-corrected chi connectivity index (χ1v) is 14.3. The normalized spacial score (nSPS) is 11.5. The Labute approximate surface area is 242 Å².